The first-order valence-electron chi connectivity index (χ1n) is 6.38. The Bertz CT molecular complexity index is 313. The van der Waals surface area contributed by atoms with E-state index in [4.69, 9.17) is 4.18 Å². The van der Waals surface area contributed by atoms with Crippen molar-refractivity contribution in [1.82, 2.24) is 4.90 Å². The molecule has 4 nitrogen and oxygen atoms in total. The Morgan fingerprint density at radius 2 is 1.71 bits per heavy atom. The number of hydrogen-bond acceptors (Lipinski definition) is 4. The van der Waals surface area contributed by atoms with Gasteiger partial charge in [0.2, 0.25) is 0 Å². The molecule has 0 aromatic rings. The highest BCUT2D eigenvalue weighted by Gasteiger charge is 2.19. The summed E-state index contributed by atoms with van der Waals surface area (Å²) in [7, 11) is -3.36. The van der Waals surface area contributed by atoms with E-state index in [1.807, 2.05) is 20.8 Å². The van der Waals surface area contributed by atoms with Gasteiger partial charge in [0.05, 0.1) is 12.4 Å². The minimum Gasteiger partial charge on any atom is -0.302 e. The predicted octanol–water partition coefficient (Wildman–Crippen LogP) is 1.86. The summed E-state index contributed by atoms with van der Waals surface area (Å²) in [6, 6.07) is 0. The first-order chi connectivity index (χ1) is 7.79. The topological polar surface area (TPSA) is 46.6 Å². The maximum Gasteiger partial charge on any atom is 0.268 e. The summed E-state index contributed by atoms with van der Waals surface area (Å²) in [5.74, 6) is 0.114. The fraction of sp³-hybridized carbons (Fsp3) is 1.00. The summed E-state index contributed by atoms with van der Waals surface area (Å²) in [5, 5.41) is 0. The second-order valence-electron chi connectivity index (χ2n) is 5.99. The van der Waals surface area contributed by atoms with E-state index in [-0.39, 0.29) is 17.8 Å². The average molecular weight is 263 g/mol. The maximum absolute atomic E-state index is 11.7. The van der Waals surface area contributed by atoms with Crippen molar-refractivity contribution < 1.29 is 12.6 Å². The van der Waals surface area contributed by atoms with E-state index in [0.717, 1.165) is 13.1 Å². The van der Waals surface area contributed by atoms with Crippen LogP contribution in [0.25, 0.3) is 0 Å². The first-order valence-corrected chi connectivity index (χ1v) is 7.96. The van der Waals surface area contributed by atoms with Crippen LogP contribution >= 0.6 is 0 Å². The van der Waals surface area contributed by atoms with Crippen LogP contribution in [0, 0.1) is 5.41 Å². The lowest BCUT2D eigenvalue weighted by Crippen LogP contribution is -2.34. The number of piperidine rings is 1. The molecule has 0 saturated carbocycles. The van der Waals surface area contributed by atoms with Crippen molar-refractivity contribution in [1.29, 1.82) is 0 Å². The third-order valence-corrected chi connectivity index (χ3v) is 3.94. The van der Waals surface area contributed by atoms with Crippen LogP contribution in [-0.2, 0) is 14.3 Å². The second-order valence-corrected chi connectivity index (χ2v) is 7.75. The van der Waals surface area contributed by atoms with Crippen LogP contribution < -0.4 is 0 Å². The Kier molecular flexibility index (Phi) is 5.41. The van der Waals surface area contributed by atoms with Gasteiger partial charge in [0.1, 0.15) is 0 Å². The van der Waals surface area contributed by atoms with Gasteiger partial charge in [-0.15, -0.1) is 0 Å². The standard InChI is InChI=1S/C12H25NO3S/c1-12(2,3)11-16-17(14,15)10-9-13-7-5-4-6-8-13/h4-11H2,1-3H3. The van der Waals surface area contributed by atoms with Gasteiger partial charge in [0.25, 0.3) is 10.1 Å². The van der Waals surface area contributed by atoms with Gasteiger partial charge in [0, 0.05) is 6.54 Å². The Labute approximate surface area is 105 Å². The number of nitrogens with zero attached hydrogens (tertiary/aromatic N) is 1. The Balaban J connectivity index is 2.28. The molecule has 1 rings (SSSR count). The van der Waals surface area contributed by atoms with Crippen molar-refractivity contribution >= 4 is 10.1 Å². The molecule has 0 bridgehead atoms. The highest BCUT2D eigenvalue weighted by molar-refractivity contribution is 7.86. The highest BCUT2D eigenvalue weighted by atomic mass is 32.2. The molecule has 1 heterocycles. The first kappa shape index (κ1) is 14.9. The molecule has 0 aliphatic carbocycles. The molecule has 1 fully saturated rings. The smallest absolute Gasteiger partial charge is 0.268 e. The fourth-order valence-corrected chi connectivity index (χ4v) is 2.88. The summed E-state index contributed by atoms with van der Waals surface area (Å²) >= 11 is 0. The molecule has 0 unspecified atom stereocenters. The zero-order chi connectivity index (χ0) is 12.9. The Hall–Kier alpha value is -0.130. The van der Waals surface area contributed by atoms with Crippen LogP contribution in [0.15, 0.2) is 0 Å². The molecule has 0 atom stereocenters. The summed E-state index contributed by atoms with van der Waals surface area (Å²) < 4.78 is 28.4. The summed E-state index contributed by atoms with van der Waals surface area (Å²) in [5.41, 5.74) is -0.113. The highest BCUT2D eigenvalue weighted by Crippen LogP contribution is 2.15. The fourth-order valence-electron chi connectivity index (χ4n) is 1.75. The van der Waals surface area contributed by atoms with Crippen LogP contribution in [0.1, 0.15) is 40.0 Å². The van der Waals surface area contributed by atoms with Crippen molar-refractivity contribution in [2.75, 3.05) is 32.0 Å². The monoisotopic (exact) mass is 263 g/mol. The predicted molar refractivity (Wildman–Crippen MR) is 69.5 cm³/mol. The lowest BCUT2D eigenvalue weighted by molar-refractivity contribution is 0.198. The summed E-state index contributed by atoms with van der Waals surface area (Å²) in [6.45, 7) is 8.80. The molecular formula is C12H25NO3S. The number of rotatable bonds is 5. The average Bonchev–Trinajstić information content (AvgIpc) is 2.25. The van der Waals surface area contributed by atoms with Crippen LogP contribution in [0.3, 0.4) is 0 Å². The molecule has 0 N–H and O–H groups in total. The van der Waals surface area contributed by atoms with E-state index in [2.05, 4.69) is 4.90 Å². The second kappa shape index (κ2) is 6.16. The number of hydrogen-bond donors (Lipinski definition) is 0. The third kappa shape index (κ3) is 7.01. The van der Waals surface area contributed by atoms with E-state index < -0.39 is 10.1 Å². The molecule has 0 amide bonds. The minimum atomic E-state index is -3.36. The maximum atomic E-state index is 11.7. The summed E-state index contributed by atoms with van der Waals surface area (Å²) in [6.07, 6.45) is 3.63. The third-order valence-electron chi connectivity index (χ3n) is 2.78. The lowest BCUT2D eigenvalue weighted by atomic mass is 9.99. The van der Waals surface area contributed by atoms with Crippen molar-refractivity contribution in [3.63, 3.8) is 0 Å². The zero-order valence-corrected chi connectivity index (χ0v) is 12.1. The molecule has 102 valence electrons. The largest absolute Gasteiger partial charge is 0.302 e. The van der Waals surface area contributed by atoms with Gasteiger partial charge in [-0.25, -0.2) is 0 Å². The molecule has 1 aliphatic heterocycles. The molecule has 0 radical (unpaired) electrons. The molecule has 5 heteroatoms. The van der Waals surface area contributed by atoms with Gasteiger partial charge in [-0.05, 0) is 31.3 Å². The van der Waals surface area contributed by atoms with Gasteiger partial charge in [-0.1, -0.05) is 27.2 Å². The van der Waals surface area contributed by atoms with E-state index in [9.17, 15) is 8.42 Å². The van der Waals surface area contributed by atoms with E-state index in [0.29, 0.717) is 6.54 Å². The van der Waals surface area contributed by atoms with E-state index >= 15 is 0 Å². The van der Waals surface area contributed by atoms with Gasteiger partial charge in [-0.3, -0.25) is 4.18 Å². The minimum absolute atomic E-state index is 0.113. The van der Waals surface area contributed by atoms with E-state index in [1.54, 1.807) is 0 Å². The zero-order valence-electron chi connectivity index (χ0n) is 11.2. The molecule has 1 saturated heterocycles. The van der Waals surface area contributed by atoms with Crippen molar-refractivity contribution in [2.24, 2.45) is 5.41 Å². The Morgan fingerprint density at radius 3 is 2.24 bits per heavy atom. The van der Waals surface area contributed by atoms with Gasteiger partial charge >= 0.3 is 0 Å². The quantitative estimate of drug-likeness (QED) is 0.710. The Morgan fingerprint density at radius 1 is 1.12 bits per heavy atom. The van der Waals surface area contributed by atoms with E-state index in [1.165, 1.54) is 19.3 Å². The van der Waals surface area contributed by atoms with Crippen molar-refractivity contribution in [3.8, 4) is 0 Å². The molecule has 0 spiro atoms. The number of likely N-dealkylation sites (tertiary alicyclic amines) is 1. The van der Waals surface area contributed by atoms with Crippen LogP contribution in [-0.4, -0.2) is 45.3 Å². The molecule has 0 aromatic heterocycles. The van der Waals surface area contributed by atoms with Crippen LogP contribution in [0.5, 0.6) is 0 Å². The molecular weight excluding hydrogens is 238 g/mol. The van der Waals surface area contributed by atoms with Gasteiger partial charge in [0.15, 0.2) is 0 Å². The normalized spacial score (nSPS) is 19.5. The molecule has 1 aliphatic rings. The van der Waals surface area contributed by atoms with Crippen LogP contribution in [0.2, 0.25) is 0 Å². The van der Waals surface area contributed by atoms with Crippen molar-refractivity contribution in [3.05, 3.63) is 0 Å². The van der Waals surface area contributed by atoms with Crippen molar-refractivity contribution in [2.45, 2.75) is 40.0 Å². The van der Waals surface area contributed by atoms with Gasteiger partial charge < -0.3 is 4.90 Å². The lowest BCUT2D eigenvalue weighted by Gasteiger charge is -2.26. The SMILES string of the molecule is CC(C)(C)COS(=O)(=O)CCN1CCCCC1. The van der Waals surface area contributed by atoms with Crippen LogP contribution in [0.4, 0.5) is 0 Å². The van der Waals surface area contributed by atoms with Gasteiger partial charge in [-0.2, -0.15) is 8.42 Å². The molecule has 0 aromatic carbocycles. The summed E-state index contributed by atoms with van der Waals surface area (Å²) in [4.78, 5) is 2.21. The molecule has 17 heavy (non-hydrogen) atoms.